The summed E-state index contributed by atoms with van der Waals surface area (Å²) >= 11 is 0. The molecule has 3 heterocycles. The lowest BCUT2D eigenvalue weighted by Crippen LogP contribution is -2.24. The van der Waals surface area contributed by atoms with Crippen molar-refractivity contribution in [3.8, 4) is 5.75 Å². The topological polar surface area (TPSA) is 65.7 Å². The number of fused-ring (bicyclic) bond motifs is 3. The molecule has 3 aromatic rings. The summed E-state index contributed by atoms with van der Waals surface area (Å²) in [6, 6.07) is 11.9. The number of ether oxygens (including phenoxy) is 2. The number of hydrogen-bond donors (Lipinski definition) is 0. The van der Waals surface area contributed by atoms with Gasteiger partial charge in [0.15, 0.2) is 0 Å². The minimum Gasteiger partial charge on any atom is -0.497 e. The molecule has 1 aliphatic rings. The van der Waals surface area contributed by atoms with Crippen LogP contribution in [0.25, 0.3) is 10.9 Å². The van der Waals surface area contributed by atoms with Gasteiger partial charge in [-0.2, -0.15) is 0 Å². The molecule has 0 atom stereocenters. The number of carbonyl (C=O) groups is 1. The molecule has 6 heteroatoms. The number of carbonyl (C=O) groups excluding carboxylic acids is 1. The van der Waals surface area contributed by atoms with Crippen LogP contribution < -0.4 is 4.74 Å². The van der Waals surface area contributed by atoms with Crippen molar-refractivity contribution in [2.45, 2.75) is 26.2 Å². The Labute approximate surface area is 163 Å². The van der Waals surface area contributed by atoms with E-state index in [-0.39, 0.29) is 12.4 Å². The first-order valence-corrected chi connectivity index (χ1v) is 9.50. The Morgan fingerprint density at radius 2 is 2.14 bits per heavy atom. The lowest BCUT2D eigenvalue weighted by atomic mass is 10.1. The monoisotopic (exact) mass is 377 g/mol. The fourth-order valence-corrected chi connectivity index (χ4v) is 3.79. The zero-order valence-corrected chi connectivity index (χ0v) is 16.1. The third-order valence-electron chi connectivity index (χ3n) is 4.98. The van der Waals surface area contributed by atoms with Crippen molar-refractivity contribution in [1.82, 2.24) is 9.55 Å². The molecule has 0 fully saturated rings. The summed E-state index contributed by atoms with van der Waals surface area (Å²) in [5, 5.41) is 1.01. The van der Waals surface area contributed by atoms with E-state index >= 15 is 0 Å². The van der Waals surface area contributed by atoms with Crippen LogP contribution >= 0.6 is 0 Å². The number of hydrogen-bond acceptors (Lipinski definition) is 5. The predicted octanol–water partition coefficient (Wildman–Crippen LogP) is 3.20. The molecular formula is C22H23N3O3. The quantitative estimate of drug-likeness (QED) is 0.619. The maximum Gasteiger partial charge on any atom is 0.310 e. The second-order valence-electron chi connectivity index (χ2n) is 6.67. The first-order chi connectivity index (χ1) is 13.7. The number of nitrogens with zero attached hydrogens (tertiary/aromatic N) is 3. The van der Waals surface area contributed by atoms with Gasteiger partial charge in [0.05, 0.1) is 25.7 Å². The lowest BCUT2D eigenvalue weighted by molar-refractivity contribution is -0.142. The Bertz CT molecular complexity index is 1040. The van der Waals surface area contributed by atoms with Crippen LogP contribution in [0.15, 0.2) is 47.6 Å². The van der Waals surface area contributed by atoms with Crippen molar-refractivity contribution in [3.05, 3.63) is 59.5 Å². The molecule has 0 saturated carbocycles. The molecule has 4 rings (SSSR count). The van der Waals surface area contributed by atoms with Crippen molar-refractivity contribution in [3.63, 3.8) is 0 Å². The summed E-state index contributed by atoms with van der Waals surface area (Å²) in [6.45, 7) is 2.90. The molecule has 1 aliphatic heterocycles. The number of benzene rings is 1. The van der Waals surface area contributed by atoms with E-state index in [9.17, 15) is 4.79 Å². The number of esters is 1. The van der Waals surface area contributed by atoms with E-state index in [4.69, 9.17) is 14.5 Å². The van der Waals surface area contributed by atoms with Crippen LogP contribution in [-0.2, 0) is 28.8 Å². The second kappa shape index (κ2) is 7.84. The molecule has 144 valence electrons. The van der Waals surface area contributed by atoms with Crippen LogP contribution in [0.1, 0.15) is 23.9 Å². The van der Waals surface area contributed by atoms with Crippen LogP contribution in [0.4, 0.5) is 0 Å². The molecule has 2 aromatic heterocycles. The van der Waals surface area contributed by atoms with Crippen LogP contribution in [0.3, 0.4) is 0 Å². The van der Waals surface area contributed by atoms with Crippen molar-refractivity contribution >= 4 is 22.7 Å². The molecule has 1 aromatic carbocycles. The zero-order valence-electron chi connectivity index (χ0n) is 16.1. The highest BCUT2D eigenvalue weighted by Gasteiger charge is 2.25. The zero-order chi connectivity index (χ0) is 19.5. The van der Waals surface area contributed by atoms with E-state index in [1.807, 2.05) is 43.3 Å². The highest BCUT2D eigenvalue weighted by atomic mass is 16.5. The van der Waals surface area contributed by atoms with Crippen LogP contribution in [0.5, 0.6) is 5.75 Å². The minimum atomic E-state index is -0.214. The Kier molecular flexibility index (Phi) is 5.10. The predicted molar refractivity (Wildman–Crippen MR) is 108 cm³/mol. The normalized spacial score (nSPS) is 13.1. The Morgan fingerprint density at radius 3 is 2.89 bits per heavy atom. The van der Waals surface area contributed by atoms with E-state index in [2.05, 4.69) is 9.55 Å². The Balaban J connectivity index is 1.83. The number of pyridine rings is 1. The SMILES string of the molecule is CCOC(=O)Cc1c2n(c3ccc(OC)cc13)C(Cc1ccccn1)=NCC2. The first-order valence-electron chi connectivity index (χ1n) is 9.50. The van der Waals surface area contributed by atoms with Crippen molar-refractivity contribution < 1.29 is 14.3 Å². The summed E-state index contributed by atoms with van der Waals surface area (Å²) in [4.78, 5) is 21.5. The molecule has 0 bridgehead atoms. The van der Waals surface area contributed by atoms with Gasteiger partial charge in [-0.25, -0.2) is 0 Å². The number of aromatic nitrogens is 2. The molecular weight excluding hydrogens is 354 g/mol. The second-order valence-corrected chi connectivity index (χ2v) is 6.67. The van der Waals surface area contributed by atoms with E-state index in [0.717, 1.165) is 45.9 Å². The lowest BCUT2D eigenvalue weighted by Gasteiger charge is -2.19. The summed E-state index contributed by atoms with van der Waals surface area (Å²) in [7, 11) is 1.65. The van der Waals surface area contributed by atoms with Gasteiger partial charge in [-0.1, -0.05) is 6.07 Å². The number of methoxy groups -OCH3 is 1. The van der Waals surface area contributed by atoms with Crippen molar-refractivity contribution in [1.29, 1.82) is 0 Å². The van der Waals surface area contributed by atoms with Gasteiger partial charge in [0.2, 0.25) is 0 Å². The van der Waals surface area contributed by atoms with E-state index in [1.165, 1.54) is 0 Å². The van der Waals surface area contributed by atoms with E-state index < -0.39 is 0 Å². The Morgan fingerprint density at radius 1 is 1.25 bits per heavy atom. The fourth-order valence-electron chi connectivity index (χ4n) is 3.79. The van der Waals surface area contributed by atoms with Gasteiger partial charge in [0.25, 0.3) is 0 Å². The summed E-state index contributed by atoms with van der Waals surface area (Å²) in [6.07, 6.45) is 3.47. The van der Waals surface area contributed by atoms with Gasteiger partial charge >= 0.3 is 5.97 Å². The van der Waals surface area contributed by atoms with Crippen molar-refractivity contribution in [2.24, 2.45) is 4.99 Å². The van der Waals surface area contributed by atoms with Crippen LogP contribution in [0, 0.1) is 0 Å². The third-order valence-corrected chi connectivity index (χ3v) is 4.98. The minimum absolute atomic E-state index is 0.214. The van der Waals surface area contributed by atoms with Gasteiger partial charge in [0, 0.05) is 42.4 Å². The summed E-state index contributed by atoms with van der Waals surface area (Å²) in [5.41, 5.74) is 4.12. The molecule has 0 unspecified atom stereocenters. The van der Waals surface area contributed by atoms with Gasteiger partial charge in [-0.05, 0) is 42.8 Å². The molecule has 6 nitrogen and oxygen atoms in total. The number of aliphatic imine (C=N–C) groups is 1. The summed E-state index contributed by atoms with van der Waals surface area (Å²) < 4.78 is 12.8. The molecule has 0 radical (unpaired) electrons. The standard InChI is InChI=1S/C22H23N3O3/c1-3-28-22(26)14-18-17-13-16(27-2)7-8-19(17)25-20(18)9-11-24-21(25)12-15-6-4-5-10-23-15/h4-8,10,13H,3,9,11-12,14H2,1-2H3. The Hall–Kier alpha value is -3.15. The summed E-state index contributed by atoms with van der Waals surface area (Å²) in [5.74, 6) is 1.50. The first kappa shape index (κ1) is 18.2. The van der Waals surface area contributed by atoms with Crippen molar-refractivity contribution in [2.75, 3.05) is 20.3 Å². The molecule has 0 saturated heterocycles. The number of rotatable bonds is 6. The van der Waals surface area contributed by atoms with E-state index in [0.29, 0.717) is 19.6 Å². The molecule has 28 heavy (non-hydrogen) atoms. The molecule has 0 aliphatic carbocycles. The maximum atomic E-state index is 12.3. The fraction of sp³-hybridized carbons (Fsp3) is 0.318. The van der Waals surface area contributed by atoms with Gasteiger partial charge in [-0.15, -0.1) is 0 Å². The molecule has 0 amide bonds. The highest BCUT2D eigenvalue weighted by molar-refractivity contribution is 6.01. The smallest absolute Gasteiger partial charge is 0.310 e. The average Bonchev–Trinajstić information content (AvgIpc) is 3.03. The largest absolute Gasteiger partial charge is 0.497 e. The van der Waals surface area contributed by atoms with Gasteiger partial charge in [0.1, 0.15) is 11.6 Å². The third kappa shape index (κ3) is 3.38. The van der Waals surface area contributed by atoms with E-state index in [1.54, 1.807) is 13.3 Å². The van der Waals surface area contributed by atoms with Crippen LogP contribution in [0.2, 0.25) is 0 Å². The molecule has 0 N–H and O–H groups in total. The van der Waals surface area contributed by atoms with Gasteiger partial charge < -0.3 is 14.0 Å². The average molecular weight is 377 g/mol. The van der Waals surface area contributed by atoms with Crippen LogP contribution in [-0.4, -0.2) is 41.6 Å². The highest BCUT2D eigenvalue weighted by Crippen LogP contribution is 2.32. The molecule has 0 spiro atoms. The maximum absolute atomic E-state index is 12.3. The van der Waals surface area contributed by atoms with Gasteiger partial charge in [-0.3, -0.25) is 14.8 Å².